The number of methoxy groups -OCH3 is 1. The van der Waals surface area contributed by atoms with E-state index in [1.54, 1.807) is 56.5 Å². The van der Waals surface area contributed by atoms with Crippen LogP contribution in [-0.2, 0) is 10.0 Å². The smallest absolute Gasteiger partial charge is 0.268 e. The highest BCUT2D eigenvalue weighted by molar-refractivity contribution is 8.00. The summed E-state index contributed by atoms with van der Waals surface area (Å²) in [6.45, 7) is 1.74. The van der Waals surface area contributed by atoms with Gasteiger partial charge in [-0.2, -0.15) is 0 Å². The van der Waals surface area contributed by atoms with Crippen LogP contribution in [0.2, 0.25) is 5.02 Å². The van der Waals surface area contributed by atoms with Crippen molar-refractivity contribution in [2.45, 2.75) is 16.7 Å². The standard InChI is InChI=1S/C20H18ClNO4S2/c1-14-11-20(28(24,25)22-9-3-4-10-22)19(12-17(14)21)27-13-18(23)15-5-7-16(26-2)8-6-15/h3-12H,13H2,1-2H3. The maximum Gasteiger partial charge on any atom is 0.268 e. The molecule has 0 spiro atoms. The normalized spacial score (nSPS) is 11.4. The number of carbonyl (C=O) groups excluding carboxylic acids is 1. The molecule has 3 aromatic rings. The SMILES string of the molecule is COc1ccc(C(=O)CSc2cc(Cl)c(C)cc2S(=O)(=O)n2cccc2)cc1. The molecule has 0 amide bonds. The molecule has 146 valence electrons. The second kappa shape index (κ2) is 8.43. The lowest BCUT2D eigenvalue weighted by atomic mass is 10.1. The number of ether oxygens (including phenoxy) is 1. The summed E-state index contributed by atoms with van der Waals surface area (Å²) in [5, 5.41) is 0.450. The molecular weight excluding hydrogens is 418 g/mol. The second-order valence-electron chi connectivity index (χ2n) is 6.01. The number of aromatic nitrogens is 1. The number of aryl methyl sites for hydroxylation is 1. The summed E-state index contributed by atoms with van der Waals surface area (Å²) >= 11 is 7.36. The molecule has 2 aromatic carbocycles. The summed E-state index contributed by atoms with van der Waals surface area (Å²) in [5.41, 5.74) is 1.18. The Labute approximate surface area is 173 Å². The van der Waals surface area contributed by atoms with Gasteiger partial charge in [0, 0.05) is 27.9 Å². The quantitative estimate of drug-likeness (QED) is 0.398. The zero-order valence-electron chi connectivity index (χ0n) is 15.3. The summed E-state index contributed by atoms with van der Waals surface area (Å²) in [6, 6.07) is 13.2. The van der Waals surface area contributed by atoms with Gasteiger partial charge in [0.1, 0.15) is 10.6 Å². The maximum absolute atomic E-state index is 13.0. The average molecular weight is 436 g/mol. The first kappa shape index (κ1) is 20.5. The van der Waals surface area contributed by atoms with Crippen LogP contribution >= 0.6 is 23.4 Å². The van der Waals surface area contributed by atoms with Crippen molar-refractivity contribution in [3.05, 3.63) is 77.1 Å². The minimum absolute atomic E-state index is 0.0833. The Kier molecular flexibility index (Phi) is 6.17. The van der Waals surface area contributed by atoms with Crippen molar-refractivity contribution in [1.82, 2.24) is 3.97 Å². The monoisotopic (exact) mass is 435 g/mol. The van der Waals surface area contributed by atoms with E-state index in [1.807, 2.05) is 0 Å². The number of Topliss-reactive ketones (excluding diaryl/α,β-unsaturated/α-hetero) is 1. The van der Waals surface area contributed by atoms with Gasteiger partial charge in [-0.1, -0.05) is 11.6 Å². The van der Waals surface area contributed by atoms with Crippen molar-refractivity contribution in [2.24, 2.45) is 0 Å². The number of nitrogens with zero attached hydrogens (tertiary/aromatic N) is 1. The fourth-order valence-electron chi connectivity index (χ4n) is 2.55. The molecule has 0 saturated heterocycles. The van der Waals surface area contributed by atoms with Crippen LogP contribution in [-0.4, -0.2) is 31.0 Å². The zero-order valence-corrected chi connectivity index (χ0v) is 17.6. The van der Waals surface area contributed by atoms with Crippen molar-refractivity contribution in [2.75, 3.05) is 12.9 Å². The van der Waals surface area contributed by atoms with E-state index in [9.17, 15) is 13.2 Å². The lowest BCUT2D eigenvalue weighted by Crippen LogP contribution is -2.13. The van der Waals surface area contributed by atoms with Crippen molar-refractivity contribution in [3.8, 4) is 5.75 Å². The van der Waals surface area contributed by atoms with E-state index in [1.165, 1.54) is 18.5 Å². The van der Waals surface area contributed by atoms with Crippen LogP contribution in [0.1, 0.15) is 15.9 Å². The van der Waals surface area contributed by atoms with Gasteiger partial charge in [-0.25, -0.2) is 12.4 Å². The Morgan fingerprint density at radius 2 is 1.79 bits per heavy atom. The highest BCUT2D eigenvalue weighted by atomic mass is 35.5. The Balaban J connectivity index is 1.89. The first-order valence-electron chi connectivity index (χ1n) is 8.31. The van der Waals surface area contributed by atoms with E-state index in [4.69, 9.17) is 16.3 Å². The van der Waals surface area contributed by atoms with Gasteiger partial charge in [0.25, 0.3) is 10.0 Å². The van der Waals surface area contributed by atoms with Crippen molar-refractivity contribution in [1.29, 1.82) is 0 Å². The van der Waals surface area contributed by atoms with Crippen molar-refractivity contribution >= 4 is 39.2 Å². The number of hydrogen-bond acceptors (Lipinski definition) is 5. The Hall–Kier alpha value is -2.22. The molecule has 0 aliphatic heterocycles. The molecule has 1 aromatic heterocycles. The molecule has 5 nitrogen and oxygen atoms in total. The highest BCUT2D eigenvalue weighted by Gasteiger charge is 2.22. The summed E-state index contributed by atoms with van der Waals surface area (Å²) < 4.78 is 32.2. The summed E-state index contributed by atoms with van der Waals surface area (Å²) in [5.74, 6) is 0.628. The largest absolute Gasteiger partial charge is 0.497 e. The Bertz CT molecular complexity index is 1090. The molecule has 0 saturated carbocycles. The van der Waals surface area contributed by atoms with E-state index < -0.39 is 10.0 Å². The highest BCUT2D eigenvalue weighted by Crippen LogP contribution is 2.33. The number of halogens is 1. The van der Waals surface area contributed by atoms with Crippen LogP contribution in [0.3, 0.4) is 0 Å². The number of benzene rings is 2. The minimum Gasteiger partial charge on any atom is -0.497 e. The van der Waals surface area contributed by atoms with Crippen molar-refractivity contribution < 1.29 is 17.9 Å². The van der Waals surface area contributed by atoms with Crippen LogP contribution in [0.15, 0.2) is 70.7 Å². The number of rotatable bonds is 7. The molecule has 0 N–H and O–H groups in total. The maximum atomic E-state index is 13.0. The summed E-state index contributed by atoms with van der Waals surface area (Å²) in [6.07, 6.45) is 2.94. The van der Waals surface area contributed by atoms with Gasteiger partial charge in [0.15, 0.2) is 5.78 Å². The fraction of sp³-hybridized carbons (Fsp3) is 0.150. The summed E-state index contributed by atoms with van der Waals surface area (Å²) in [4.78, 5) is 13.1. The van der Waals surface area contributed by atoms with Crippen LogP contribution in [0.25, 0.3) is 0 Å². The predicted molar refractivity (Wildman–Crippen MR) is 111 cm³/mol. The predicted octanol–water partition coefficient (Wildman–Crippen LogP) is 4.67. The van der Waals surface area contributed by atoms with E-state index in [-0.39, 0.29) is 16.4 Å². The average Bonchev–Trinajstić information content (AvgIpc) is 3.24. The molecule has 0 fully saturated rings. The minimum atomic E-state index is -3.78. The molecule has 0 atom stereocenters. The van der Waals surface area contributed by atoms with Gasteiger partial charge in [-0.05, 0) is 61.0 Å². The van der Waals surface area contributed by atoms with E-state index in [2.05, 4.69) is 0 Å². The Morgan fingerprint density at radius 3 is 2.39 bits per heavy atom. The number of carbonyl (C=O) groups is 1. The molecule has 0 unspecified atom stereocenters. The summed E-state index contributed by atoms with van der Waals surface area (Å²) in [7, 11) is -2.22. The van der Waals surface area contributed by atoms with Crippen LogP contribution in [0, 0.1) is 6.92 Å². The van der Waals surface area contributed by atoms with Crippen LogP contribution in [0.4, 0.5) is 0 Å². The van der Waals surface area contributed by atoms with E-state index in [0.29, 0.717) is 26.8 Å². The Morgan fingerprint density at radius 1 is 1.14 bits per heavy atom. The molecule has 0 aliphatic carbocycles. The van der Waals surface area contributed by atoms with Crippen LogP contribution < -0.4 is 4.74 Å². The van der Waals surface area contributed by atoms with Crippen molar-refractivity contribution in [3.63, 3.8) is 0 Å². The van der Waals surface area contributed by atoms with Gasteiger partial charge in [0.2, 0.25) is 0 Å². The lowest BCUT2D eigenvalue weighted by Gasteiger charge is -2.13. The lowest BCUT2D eigenvalue weighted by molar-refractivity contribution is 0.102. The first-order chi connectivity index (χ1) is 13.3. The molecule has 28 heavy (non-hydrogen) atoms. The molecule has 0 bridgehead atoms. The van der Waals surface area contributed by atoms with E-state index >= 15 is 0 Å². The molecule has 3 rings (SSSR count). The fourth-order valence-corrected chi connectivity index (χ4v) is 5.45. The van der Waals surface area contributed by atoms with Crippen LogP contribution in [0.5, 0.6) is 5.75 Å². The number of ketones is 1. The first-order valence-corrected chi connectivity index (χ1v) is 11.1. The van der Waals surface area contributed by atoms with Gasteiger partial charge >= 0.3 is 0 Å². The van der Waals surface area contributed by atoms with E-state index in [0.717, 1.165) is 15.7 Å². The number of thioether (sulfide) groups is 1. The second-order valence-corrected chi connectivity index (χ2v) is 9.24. The third-order valence-corrected chi connectivity index (χ3v) is 7.41. The topological polar surface area (TPSA) is 65.4 Å². The molecule has 1 heterocycles. The zero-order chi connectivity index (χ0) is 20.3. The molecule has 8 heteroatoms. The molecule has 0 aliphatic rings. The number of hydrogen-bond donors (Lipinski definition) is 0. The molecular formula is C20H18ClNO4S2. The third-order valence-electron chi connectivity index (χ3n) is 4.13. The van der Waals surface area contributed by atoms with Gasteiger partial charge in [-0.3, -0.25) is 4.79 Å². The third kappa shape index (κ3) is 4.27. The molecule has 0 radical (unpaired) electrons. The van der Waals surface area contributed by atoms with Gasteiger partial charge in [0.05, 0.1) is 12.9 Å². The van der Waals surface area contributed by atoms with Gasteiger partial charge < -0.3 is 4.74 Å². The van der Waals surface area contributed by atoms with Gasteiger partial charge in [-0.15, -0.1) is 11.8 Å².